The molecule has 2 heterocycles. The molecule has 4 heteroatoms. The normalized spacial score (nSPS) is 26.2. The van der Waals surface area contributed by atoms with E-state index in [-0.39, 0.29) is 12.4 Å². The fraction of sp³-hybridized carbons (Fsp3) is 0.571. The molecule has 2 aliphatic rings. The van der Waals surface area contributed by atoms with E-state index in [2.05, 4.69) is 42.3 Å². The van der Waals surface area contributed by atoms with E-state index in [1.54, 1.807) is 0 Å². The van der Waals surface area contributed by atoms with Crippen molar-refractivity contribution in [1.29, 1.82) is 0 Å². The number of benzene rings is 1. The van der Waals surface area contributed by atoms with Crippen molar-refractivity contribution in [3.05, 3.63) is 23.8 Å². The second-order valence-electron chi connectivity index (χ2n) is 5.14. The Hall–Kier alpha value is -0.930. The standard InChI is InChI=1S/C14H20N2O.ClH/c1-10-8-16(9-11(2)17-10)14-5-3-4-13-12(14)6-7-15-13;/h3-5,10-11,15H,6-9H2,1-2H3;1H. The first-order valence-electron chi connectivity index (χ1n) is 6.50. The lowest BCUT2D eigenvalue weighted by molar-refractivity contribution is -0.00525. The monoisotopic (exact) mass is 268 g/mol. The quantitative estimate of drug-likeness (QED) is 0.848. The lowest BCUT2D eigenvalue weighted by atomic mass is 10.1. The largest absolute Gasteiger partial charge is 0.384 e. The molecule has 1 aromatic rings. The Balaban J connectivity index is 0.00000120. The van der Waals surface area contributed by atoms with E-state index in [0.29, 0.717) is 12.2 Å². The molecular formula is C14H21ClN2O. The number of ether oxygens (including phenoxy) is 1. The number of nitrogens with one attached hydrogen (secondary N) is 1. The highest BCUT2D eigenvalue weighted by atomic mass is 35.5. The Kier molecular flexibility index (Phi) is 4.03. The van der Waals surface area contributed by atoms with Gasteiger partial charge in [-0.05, 0) is 32.4 Å². The summed E-state index contributed by atoms with van der Waals surface area (Å²) in [6.45, 7) is 7.39. The molecular weight excluding hydrogens is 248 g/mol. The number of rotatable bonds is 1. The van der Waals surface area contributed by atoms with Crippen LogP contribution in [-0.4, -0.2) is 31.8 Å². The molecule has 1 fully saturated rings. The number of nitrogens with zero attached hydrogens (tertiary/aromatic N) is 1. The minimum absolute atomic E-state index is 0. The van der Waals surface area contributed by atoms with Crippen molar-refractivity contribution < 1.29 is 4.74 Å². The van der Waals surface area contributed by atoms with E-state index in [9.17, 15) is 0 Å². The van der Waals surface area contributed by atoms with E-state index < -0.39 is 0 Å². The van der Waals surface area contributed by atoms with E-state index >= 15 is 0 Å². The van der Waals surface area contributed by atoms with Gasteiger partial charge in [-0.2, -0.15) is 0 Å². The molecule has 0 amide bonds. The van der Waals surface area contributed by atoms with Crippen LogP contribution in [0.15, 0.2) is 18.2 Å². The van der Waals surface area contributed by atoms with Gasteiger partial charge < -0.3 is 15.0 Å². The molecule has 1 aromatic carbocycles. The van der Waals surface area contributed by atoms with Crippen molar-refractivity contribution in [2.75, 3.05) is 29.9 Å². The Morgan fingerprint density at radius 3 is 2.67 bits per heavy atom. The predicted octanol–water partition coefficient (Wildman–Crippen LogP) is 2.69. The van der Waals surface area contributed by atoms with Crippen molar-refractivity contribution in [1.82, 2.24) is 0 Å². The van der Waals surface area contributed by atoms with Crippen LogP contribution in [0, 0.1) is 0 Å². The van der Waals surface area contributed by atoms with Gasteiger partial charge in [-0.15, -0.1) is 12.4 Å². The molecule has 3 rings (SSSR count). The average Bonchev–Trinajstić information content (AvgIpc) is 2.75. The average molecular weight is 269 g/mol. The van der Waals surface area contributed by atoms with Crippen LogP contribution in [0.5, 0.6) is 0 Å². The summed E-state index contributed by atoms with van der Waals surface area (Å²) < 4.78 is 5.80. The van der Waals surface area contributed by atoms with Crippen molar-refractivity contribution in [3.63, 3.8) is 0 Å². The van der Waals surface area contributed by atoms with Gasteiger partial charge in [0, 0.05) is 36.6 Å². The van der Waals surface area contributed by atoms with Gasteiger partial charge in [0.25, 0.3) is 0 Å². The minimum atomic E-state index is 0. The van der Waals surface area contributed by atoms with Crippen LogP contribution in [0.25, 0.3) is 0 Å². The molecule has 0 aliphatic carbocycles. The first kappa shape index (κ1) is 13.5. The van der Waals surface area contributed by atoms with Gasteiger partial charge in [-0.25, -0.2) is 0 Å². The molecule has 2 atom stereocenters. The van der Waals surface area contributed by atoms with E-state index in [4.69, 9.17) is 4.74 Å². The molecule has 2 aliphatic heterocycles. The zero-order chi connectivity index (χ0) is 11.8. The minimum Gasteiger partial charge on any atom is -0.384 e. The third-order valence-corrected chi connectivity index (χ3v) is 3.60. The topological polar surface area (TPSA) is 24.5 Å². The number of fused-ring (bicyclic) bond motifs is 1. The predicted molar refractivity (Wildman–Crippen MR) is 78.1 cm³/mol. The second kappa shape index (κ2) is 5.37. The fourth-order valence-electron chi connectivity index (χ4n) is 3.00. The van der Waals surface area contributed by atoms with Gasteiger partial charge in [0.2, 0.25) is 0 Å². The van der Waals surface area contributed by atoms with Gasteiger partial charge in [0.15, 0.2) is 0 Å². The molecule has 1 N–H and O–H groups in total. The summed E-state index contributed by atoms with van der Waals surface area (Å²) in [7, 11) is 0. The zero-order valence-corrected chi connectivity index (χ0v) is 11.8. The Bertz CT molecular complexity index is 414. The van der Waals surface area contributed by atoms with Gasteiger partial charge >= 0.3 is 0 Å². The summed E-state index contributed by atoms with van der Waals surface area (Å²) in [6, 6.07) is 6.58. The van der Waals surface area contributed by atoms with E-state index in [1.165, 1.54) is 16.9 Å². The van der Waals surface area contributed by atoms with Gasteiger partial charge in [0.1, 0.15) is 0 Å². The zero-order valence-electron chi connectivity index (χ0n) is 11.0. The number of hydrogen-bond donors (Lipinski definition) is 1. The van der Waals surface area contributed by atoms with Crippen LogP contribution >= 0.6 is 12.4 Å². The lowest BCUT2D eigenvalue weighted by Crippen LogP contribution is -2.45. The number of anilines is 2. The first-order valence-corrected chi connectivity index (χ1v) is 6.50. The highest BCUT2D eigenvalue weighted by Gasteiger charge is 2.25. The SMILES string of the molecule is CC1CN(c2cccc3c2CCN3)CC(C)O1.Cl. The third-order valence-electron chi connectivity index (χ3n) is 3.60. The summed E-state index contributed by atoms with van der Waals surface area (Å²) in [5, 5.41) is 3.44. The number of hydrogen-bond acceptors (Lipinski definition) is 3. The van der Waals surface area contributed by atoms with Crippen LogP contribution in [0.2, 0.25) is 0 Å². The Morgan fingerprint density at radius 2 is 1.94 bits per heavy atom. The Labute approximate surface area is 115 Å². The number of morpholine rings is 1. The van der Waals surface area contributed by atoms with E-state index in [1.807, 2.05) is 0 Å². The molecule has 0 bridgehead atoms. The van der Waals surface area contributed by atoms with Crippen LogP contribution in [-0.2, 0) is 11.2 Å². The van der Waals surface area contributed by atoms with Crippen molar-refractivity contribution in [2.45, 2.75) is 32.5 Å². The maximum absolute atomic E-state index is 5.80. The molecule has 1 saturated heterocycles. The summed E-state index contributed by atoms with van der Waals surface area (Å²) in [6.07, 6.45) is 1.79. The molecule has 0 spiro atoms. The smallest absolute Gasteiger partial charge is 0.0726 e. The molecule has 18 heavy (non-hydrogen) atoms. The fourth-order valence-corrected chi connectivity index (χ4v) is 3.00. The first-order chi connectivity index (χ1) is 8.24. The molecule has 100 valence electrons. The maximum Gasteiger partial charge on any atom is 0.0726 e. The molecule has 3 nitrogen and oxygen atoms in total. The Morgan fingerprint density at radius 1 is 1.22 bits per heavy atom. The van der Waals surface area contributed by atoms with Crippen molar-refractivity contribution >= 4 is 23.8 Å². The summed E-state index contributed by atoms with van der Waals surface area (Å²) in [5.41, 5.74) is 4.19. The summed E-state index contributed by atoms with van der Waals surface area (Å²) in [5.74, 6) is 0. The van der Waals surface area contributed by atoms with E-state index in [0.717, 1.165) is 26.1 Å². The summed E-state index contributed by atoms with van der Waals surface area (Å²) in [4.78, 5) is 2.48. The van der Waals surface area contributed by atoms with Gasteiger partial charge in [-0.1, -0.05) is 6.07 Å². The van der Waals surface area contributed by atoms with Crippen LogP contribution in [0.3, 0.4) is 0 Å². The highest BCUT2D eigenvalue weighted by Crippen LogP contribution is 2.33. The maximum atomic E-state index is 5.80. The lowest BCUT2D eigenvalue weighted by Gasteiger charge is -2.37. The second-order valence-corrected chi connectivity index (χ2v) is 5.14. The number of halogens is 1. The molecule has 2 unspecified atom stereocenters. The molecule has 0 radical (unpaired) electrons. The van der Waals surface area contributed by atoms with Crippen molar-refractivity contribution in [2.24, 2.45) is 0 Å². The van der Waals surface area contributed by atoms with Crippen LogP contribution < -0.4 is 10.2 Å². The van der Waals surface area contributed by atoms with Gasteiger partial charge in [-0.3, -0.25) is 0 Å². The van der Waals surface area contributed by atoms with Crippen LogP contribution in [0.4, 0.5) is 11.4 Å². The van der Waals surface area contributed by atoms with Gasteiger partial charge in [0.05, 0.1) is 12.2 Å². The third kappa shape index (κ3) is 2.43. The van der Waals surface area contributed by atoms with Crippen LogP contribution in [0.1, 0.15) is 19.4 Å². The highest BCUT2D eigenvalue weighted by molar-refractivity contribution is 5.85. The molecule has 0 saturated carbocycles. The molecule has 0 aromatic heterocycles. The van der Waals surface area contributed by atoms with Crippen molar-refractivity contribution in [3.8, 4) is 0 Å². The summed E-state index contributed by atoms with van der Waals surface area (Å²) >= 11 is 0.